The van der Waals surface area contributed by atoms with E-state index in [9.17, 15) is 0 Å². The number of rotatable bonds is 2. The van der Waals surface area contributed by atoms with Gasteiger partial charge in [-0.15, -0.1) is 0 Å². The fourth-order valence-electron chi connectivity index (χ4n) is 1.56. The van der Waals surface area contributed by atoms with Crippen molar-refractivity contribution < 1.29 is 9.47 Å². The van der Waals surface area contributed by atoms with Crippen LogP contribution in [0.1, 0.15) is 5.56 Å². The van der Waals surface area contributed by atoms with Crippen molar-refractivity contribution in [3.8, 4) is 0 Å². The van der Waals surface area contributed by atoms with Gasteiger partial charge in [0.15, 0.2) is 0 Å². The zero-order chi connectivity index (χ0) is 10.0. The second-order valence-corrected chi connectivity index (χ2v) is 4.41. The van der Waals surface area contributed by atoms with E-state index in [1.165, 1.54) is 3.57 Å². The maximum absolute atomic E-state index is 5.69. The van der Waals surface area contributed by atoms with Crippen LogP contribution in [0, 0.1) is 3.57 Å². The molecule has 0 amide bonds. The van der Waals surface area contributed by atoms with Crippen molar-refractivity contribution in [2.75, 3.05) is 19.8 Å². The minimum atomic E-state index is -0.704. The summed E-state index contributed by atoms with van der Waals surface area (Å²) in [6.45, 7) is 1.58. The second kappa shape index (κ2) is 4.14. The van der Waals surface area contributed by atoms with Gasteiger partial charge >= 0.3 is 0 Å². The molecule has 1 aromatic carbocycles. The summed E-state index contributed by atoms with van der Waals surface area (Å²) in [5, 5.41) is 0. The average Bonchev–Trinajstić information content (AvgIpc) is 2.68. The number of hydrogen-bond acceptors (Lipinski definition) is 3. The van der Waals surface area contributed by atoms with Gasteiger partial charge in [0.05, 0.1) is 19.8 Å². The van der Waals surface area contributed by atoms with E-state index in [0.717, 1.165) is 5.56 Å². The highest BCUT2D eigenvalue weighted by Gasteiger charge is 2.36. The molecule has 0 atom stereocenters. The largest absolute Gasteiger partial charge is 0.342 e. The van der Waals surface area contributed by atoms with Gasteiger partial charge in [-0.25, -0.2) is 0 Å². The Kier molecular flexibility index (Phi) is 3.06. The monoisotopic (exact) mass is 305 g/mol. The summed E-state index contributed by atoms with van der Waals surface area (Å²) in [5.41, 5.74) is 6.69. The molecule has 1 saturated heterocycles. The Bertz CT molecular complexity index is 306. The SMILES string of the molecule is NCC1(c2ccc(I)cc2)OCCO1. The fourth-order valence-corrected chi connectivity index (χ4v) is 1.92. The first kappa shape index (κ1) is 10.4. The molecule has 2 rings (SSSR count). The van der Waals surface area contributed by atoms with Gasteiger partial charge in [0.1, 0.15) is 0 Å². The van der Waals surface area contributed by atoms with Crippen LogP contribution < -0.4 is 5.73 Å². The van der Waals surface area contributed by atoms with Crippen molar-refractivity contribution >= 4 is 22.6 Å². The van der Waals surface area contributed by atoms with Crippen molar-refractivity contribution in [1.29, 1.82) is 0 Å². The Hall–Kier alpha value is -0.170. The number of benzene rings is 1. The van der Waals surface area contributed by atoms with Gasteiger partial charge in [-0.3, -0.25) is 0 Å². The minimum Gasteiger partial charge on any atom is -0.342 e. The van der Waals surface area contributed by atoms with Crippen molar-refractivity contribution in [3.05, 3.63) is 33.4 Å². The Morgan fingerprint density at radius 3 is 2.29 bits per heavy atom. The minimum absolute atomic E-state index is 0.355. The second-order valence-electron chi connectivity index (χ2n) is 3.16. The summed E-state index contributed by atoms with van der Waals surface area (Å²) < 4.78 is 12.3. The van der Waals surface area contributed by atoms with Crippen molar-refractivity contribution in [3.63, 3.8) is 0 Å². The van der Waals surface area contributed by atoms with E-state index < -0.39 is 5.79 Å². The van der Waals surface area contributed by atoms with Gasteiger partial charge < -0.3 is 15.2 Å². The highest BCUT2D eigenvalue weighted by molar-refractivity contribution is 14.1. The van der Waals surface area contributed by atoms with E-state index in [4.69, 9.17) is 15.2 Å². The average molecular weight is 305 g/mol. The van der Waals surface area contributed by atoms with Crippen LogP contribution in [0.3, 0.4) is 0 Å². The predicted octanol–water partition coefficient (Wildman–Crippen LogP) is 1.45. The topological polar surface area (TPSA) is 44.5 Å². The molecule has 1 heterocycles. The first-order chi connectivity index (χ1) is 6.77. The first-order valence-electron chi connectivity index (χ1n) is 4.51. The smallest absolute Gasteiger partial charge is 0.207 e. The van der Waals surface area contributed by atoms with Crippen LogP contribution >= 0.6 is 22.6 Å². The standard InChI is InChI=1S/C10H12INO2/c11-9-3-1-8(2-4-9)10(7-12)13-5-6-14-10/h1-4H,5-7,12H2. The van der Waals surface area contributed by atoms with Crippen LogP contribution in [-0.4, -0.2) is 19.8 Å². The third-order valence-corrected chi connectivity index (χ3v) is 3.03. The quantitative estimate of drug-likeness (QED) is 0.841. The summed E-state index contributed by atoms with van der Waals surface area (Å²) in [6.07, 6.45) is 0. The molecule has 0 bridgehead atoms. The van der Waals surface area contributed by atoms with Crippen LogP contribution in [0.2, 0.25) is 0 Å². The van der Waals surface area contributed by atoms with E-state index in [1.54, 1.807) is 0 Å². The maximum Gasteiger partial charge on any atom is 0.207 e. The summed E-state index contributed by atoms with van der Waals surface area (Å²) >= 11 is 2.26. The van der Waals surface area contributed by atoms with Crippen LogP contribution in [0.25, 0.3) is 0 Å². The highest BCUT2D eigenvalue weighted by atomic mass is 127. The van der Waals surface area contributed by atoms with Crippen molar-refractivity contribution in [2.45, 2.75) is 5.79 Å². The Balaban J connectivity index is 2.31. The van der Waals surface area contributed by atoms with Crippen LogP contribution in [0.4, 0.5) is 0 Å². The molecule has 0 aromatic heterocycles. The number of ether oxygens (including phenoxy) is 2. The third-order valence-electron chi connectivity index (χ3n) is 2.31. The molecular weight excluding hydrogens is 293 g/mol. The lowest BCUT2D eigenvalue weighted by Crippen LogP contribution is -2.36. The number of halogens is 1. The van der Waals surface area contributed by atoms with Gasteiger partial charge in [-0.05, 0) is 34.7 Å². The van der Waals surface area contributed by atoms with E-state index in [2.05, 4.69) is 22.6 Å². The van der Waals surface area contributed by atoms with Gasteiger partial charge in [-0.2, -0.15) is 0 Å². The van der Waals surface area contributed by atoms with Gasteiger partial charge in [0.2, 0.25) is 5.79 Å². The zero-order valence-corrected chi connectivity index (χ0v) is 9.86. The summed E-state index contributed by atoms with van der Waals surface area (Å²) in [6, 6.07) is 8.05. The normalized spacial score (nSPS) is 19.9. The molecule has 0 unspecified atom stereocenters. The molecule has 0 aliphatic carbocycles. The lowest BCUT2D eigenvalue weighted by molar-refractivity contribution is -0.156. The molecule has 0 radical (unpaired) electrons. The molecule has 0 saturated carbocycles. The van der Waals surface area contributed by atoms with Crippen LogP contribution in [0.15, 0.2) is 24.3 Å². The molecule has 1 aliphatic heterocycles. The maximum atomic E-state index is 5.69. The van der Waals surface area contributed by atoms with Crippen molar-refractivity contribution in [2.24, 2.45) is 5.73 Å². The molecule has 76 valence electrons. The predicted molar refractivity (Wildman–Crippen MR) is 61.8 cm³/mol. The molecule has 3 nitrogen and oxygen atoms in total. The number of hydrogen-bond donors (Lipinski definition) is 1. The summed E-state index contributed by atoms with van der Waals surface area (Å²) in [5.74, 6) is -0.704. The molecule has 1 aromatic rings. The lowest BCUT2D eigenvalue weighted by Gasteiger charge is -2.25. The van der Waals surface area contributed by atoms with Gasteiger partial charge in [0.25, 0.3) is 0 Å². The lowest BCUT2D eigenvalue weighted by atomic mass is 10.1. The molecule has 4 heteroatoms. The Morgan fingerprint density at radius 2 is 1.79 bits per heavy atom. The summed E-state index contributed by atoms with van der Waals surface area (Å²) in [7, 11) is 0. The third kappa shape index (κ3) is 1.79. The van der Waals surface area contributed by atoms with Crippen molar-refractivity contribution in [1.82, 2.24) is 0 Å². The Labute approximate surface area is 96.7 Å². The molecule has 0 spiro atoms. The Morgan fingerprint density at radius 1 is 1.21 bits per heavy atom. The van der Waals surface area contributed by atoms with E-state index in [0.29, 0.717) is 19.8 Å². The molecule has 2 N–H and O–H groups in total. The summed E-state index contributed by atoms with van der Waals surface area (Å²) in [4.78, 5) is 0. The highest BCUT2D eigenvalue weighted by Crippen LogP contribution is 2.30. The fraction of sp³-hybridized carbons (Fsp3) is 0.400. The van der Waals surface area contributed by atoms with Crippen LogP contribution in [0.5, 0.6) is 0 Å². The van der Waals surface area contributed by atoms with Crippen LogP contribution in [-0.2, 0) is 15.3 Å². The molecular formula is C10H12INO2. The van der Waals surface area contributed by atoms with E-state index in [-0.39, 0.29) is 0 Å². The van der Waals surface area contributed by atoms with E-state index in [1.807, 2.05) is 24.3 Å². The number of nitrogens with two attached hydrogens (primary N) is 1. The van der Waals surface area contributed by atoms with E-state index >= 15 is 0 Å². The molecule has 1 aliphatic rings. The molecule has 14 heavy (non-hydrogen) atoms. The van der Waals surface area contributed by atoms with Gasteiger partial charge in [0, 0.05) is 9.13 Å². The molecule has 1 fully saturated rings. The first-order valence-corrected chi connectivity index (χ1v) is 5.59. The zero-order valence-electron chi connectivity index (χ0n) is 7.70. The van der Waals surface area contributed by atoms with Gasteiger partial charge in [-0.1, -0.05) is 12.1 Å².